The Morgan fingerprint density at radius 1 is 1.32 bits per heavy atom. The molecule has 10 nitrogen and oxygen atoms in total. The predicted molar refractivity (Wildman–Crippen MR) is 126 cm³/mol. The lowest BCUT2D eigenvalue weighted by Gasteiger charge is -2.14. The maximum Gasteiger partial charge on any atom is 0.378 e. The van der Waals surface area contributed by atoms with Gasteiger partial charge >= 0.3 is 17.1 Å². The second-order valence-electron chi connectivity index (χ2n) is 9.79. The lowest BCUT2D eigenvalue weighted by molar-refractivity contribution is -0.686. The number of methoxy groups -OCH3 is 1. The maximum absolute atomic E-state index is 13.2. The van der Waals surface area contributed by atoms with E-state index in [0.717, 1.165) is 19.3 Å². The number of hydrogen-bond acceptors (Lipinski definition) is 5. The van der Waals surface area contributed by atoms with Crippen molar-refractivity contribution in [2.75, 3.05) is 26.8 Å². The largest absolute Gasteiger partial charge is 0.477 e. The Hall–Kier alpha value is -3.14. The van der Waals surface area contributed by atoms with Crippen LogP contribution in [0.4, 0.5) is 0 Å². The molecule has 2 amide bonds. The molecule has 1 saturated heterocycles. The van der Waals surface area contributed by atoms with Gasteiger partial charge in [-0.1, -0.05) is 18.4 Å². The van der Waals surface area contributed by atoms with Gasteiger partial charge in [-0.25, -0.2) is 9.89 Å². The normalized spacial score (nSPS) is 18.5. The topological polar surface area (TPSA) is 120 Å². The van der Waals surface area contributed by atoms with Gasteiger partial charge in [0.2, 0.25) is 11.5 Å². The minimum atomic E-state index is -0.623. The molecule has 0 radical (unpaired) electrons. The SMILES string of the molecule is COC[C@@H]1CCN(C(=O)/C=C/c2c(C)[nH]n3c(=O)c(C(=O)NC4CC4)c(O)[n+](CC(C)C)c23)C1. The molecule has 4 rings (SSSR count). The van der Waals surface area contributed by atoms with E-state index in [1.165, 1.54) is 10.6 Å². The number of carbonyl (C=O) groups is 2. The molecule has 34 heavy (non-hydrogen) atoms. The number of carbonyl (C=O) groups excluding carboxylic acids is 2. The van der Waals surface area contributed by atoms with Crippen molar-refractivity contribution in [2.45, 2.75) is 52.6 Å². The van der Waals surface area contributed by atoms with Crippen LogP contribution < -0.4 is 15.4 Å². The summed E-state index contributed by atoms with van der Waals surface area (Å²) < 4.78 is 8.07. The number of aryl methyl sites for hydroxylation is 1. The summed E-state index contributed by atoms with van der Waals surface area (Å²) in [7, 11) is 1.66. The average Bonchev–Trinajstić information content (AvgIpc) is 3.34. The van der Waals surface area contributed by atoms with Crippen molar-refractivity contribution >= 4 is 23.5 Å². The Kier molecular flexibility index (Phi) is 6.79. The second-order valence-corrected chi connectivity index (χ2v) is 9.79. The lowest BCUT2D eigenvalue weighted by atomic mass is 10.1. The highest BCUT2D eigenvalue weighted by molar-refractivity contribution is 5.96. The molecule has 3 heterocycles. The number of amides is 2. The Morgan fingerprint density at radius 3 is 2.71 bits per heavy atom. The highest BCUT2D eigenvalue weighted by atomic mass is 16.5. The zero-order valence-electron chi connectivity index (χ0n) is 20.3. The van der Waals surface area contributed by atoms with E-state index in [0.29, 0.717) is 49.1 Å². The smallest absolute Gasteiger partial charge is 0.378 e. The Balaban J connectivity index is 1.73. The van der Waals surface area contributed by atoms with Crippen molar-refractivity contribution in [3.63, 3.8) is 0 Å². The fourth-order valence-corrected chi connectivity index (χ4v) is 4.51. The summed E-state index contributed by atoms with van der Waals surface area (Å²) in [5.41, 5.74) is 0.778. The van der Waals surface area contributed by atoms with Crippen LogP contribution in [-0.2, 0) is 16.1 Å². The van der Waals surface area contributed by atoms with Crippen LogP contribution in [0.3, 0.4) is 0 Å². The molecular weight excluding hydrogens is 438 g/mol. The molecule has 0 spiro atoms. The first-order chi connectivity index (χ1) is 16.2. The van der Waals surface area contributed by atoms with Gasteiger partial charge in [0.25, 0.3) is 5.91 Å². The minimum absolute atomic E-state index is 0.0505. The fraction of sp³-hybridized carbons (Fsp3) is 0.583. The van der Waals surface area contributed by atoms with Crippen LogP contribution in [0.2, 0.25) is 0 Å². The summed E-state index contributed by atoms with van der Waals surface area (Å²) in [4.78, 5) is 40.6. The van der Waals surface area contributed by atoms with Gasteiger partial charge < -0.3 is 20.1 Å². The van der Waals surface area contributed by atoms with Crippen molar-refractivity contribution in [3.05, 3.63) is 33.3 Å². The third-order valence-corrected chi connectivity index (χ3v) is 6.37. The van der Waals surface area contributed by atoms with Crippen LogP contribution in [-0.4, -0.2) is 64.3 Å². The van der Waals surface area contributed by atoms with Crippen LogP contribution in [0, 0.1) is 18.8 Å². The molecule has 1 saturated carbocycles. The first kappa shape index (κ1) is 24.0. The van der Waals surface area contributed by atoms with E-state index in [1.54, 1.807) is 29.6 Å². The van der Waals surface area contributed by atoms with Crippen LogP contribution in [0.1, 0.15) is 54.7 Å². The summed E-state index contributed by atoms with van der Waals surface area (Å²) in [5.74, 6) is -0.580. The number of ether oxygens (including phenoxy) is 1. The number of aromatic nitrogens is 3. The summed E-state index contributed by atoms with van der Waals surface area (Å²) in [5, 5.41) is 16.9. The van der Waals surface area contributed by atoms with Crippen molar-refractivity contribution in [1.29, 1.82) is 0 Å². The summed E-state index contributed by atoms with van der Waals surface area (Å²) in [6.07, 6.45) is 5.82. The molecule has 3 N–H and O–H groups in total. The van der Waals surface area contributed by atoms with Crippen molar-refractivity contribution in [2.24, 2.45) is 11.8 Å². The van der Waals surface area contributed by atoms with E-state index in [2.05, 4.69) is 10.4 Å². The minimum Gasteiger partial charge on any atom is -0.477 e. The molecule has 1 aliphatic carbocycles. The van der Waals surface area contributed by atoms with Gasteiger partial charge in [-0.3, -0.25) is 9.59 Å². The van der Waals surface area contributed by atoms with E-state index in [-0.39, 0.29) is 29.3 Å². The van der Waals surface area contributed by atoms with Crippen molar-refractivity contribution in [3.8, 4) is 5.88 Å². The number of hydrogen-bond donors (Lipinski definition) is 3. The molecule has 184 valence electrons. The molecule has 1 atom stereocenters. The monoisotopic (exact) mass is 472 g/mol. The number of H-pyrrole nitrogens is 1. The maximum atomic E-state index is 13.2. The first-order valence-corrected chi connectivity index (χ1v) is 11.9. The first-order valence-electron chi connectivity index (χ1n) is 11.9. The fourth-order valence-electron chi connectivity index (χ4n) is 4.51. The molecule has 1 aliphatic heterocycles. The number of nitrogens with zero attached hydrogens (tertiary/aromatic N) is 3. The van der Waals surface area contributed by atoms with Gasteiger partial charge in [0.15, 0.2) is 0 Å². The van der Waals surface area contributed by atoms with E-state index < -0.39 is 11.5 Å². The zero-order chi connectivity index (χ0) is 24.6. The number of rotatable bonds is 8. The molecule has 2 aromatic rings. The van der Waals surface area contributed by atoms with Crippen molar-refractivity contribution < 1.29 is 24.0 Å². The Bertz CT molecular complexity index is 1190. The van der Waals surface area contributed by atoms with Gasteiger partial charge in [0, 0.05) is 38.2 Å². The number of nitrogens with one attached hydrogen (secondary N) is 2. The summed E-state index contributed by atoms with van der Waals surface area (Å²) in [6, 6.07) is 0.0505. The molecule has 2 aliphatic rings. The van der Waals surface area contributed by atoms with Gasteiger partial charge in [-0.05, 0) is 38.2 Å². The van der Waals surface area contributed by atoms with E-state index in [1.807, 2.05) is 13.8 Å². The third-order valence-electron chi connectivity index (χ3n) is 6.37. The number of aromatic amines is 1. The van der Waals surface area contributed by atoms with E-state index in [9.17, 15) is 19.5 Å². The van der Waals surface area contributed by atoms with Gasteiger partial charge in [0.05, 0.1) is 24.4 Å². The molecule has 2 aromatic heterocycles. The van der Waals surface area contributed by atoms with E-state index >= 15 is 0 Å². The predicted octanol–water partition coefficient (Wildman–Crippen LogP) is 0.985. The molecular formula is C24H34N5O5+. The van der Waals surface area contributed by atoms with Crippen molar-refractivity contribution in [1.82, 2.24) is 19.8 Å². The van der Waals surface area contributed by atoms with Crippen LogP contribution >= 0.6 is 0 Å². The van der Waals surface area contributed by atoms with Gasteiger partial charge in [-0.2, -0.15) is 4.57 Å². The van der Waals surface area contributed by atoms with Gasteiger partial charge in [0.1, 0.15) is 0 Å². The van der Waals surface area contributed by atoms with E-state index in [4.69, 9.17) is 4.74 Å². The highest BCUT2D eigenvalue weighted by Crippen LogP contribution is 2.22. The Labute approximate surface area is 198 Å². The molecule has 2 fully saturated rings. The quantitative estimate of drug-likeness (QED) is 0.391. The lowest BCUT2D eigenvalue weighted by Crippen LogP contribution is -2.46. The summed E-state index contributed by atoms with van der Waals surface area (Å²) in [6.45, 7) is 8.11. The zero-order valence-corrected chi connectivity index (χ0v) is 20.3. The molecule has 10 heteroatoms. The highest BCUT2D eigenvalue weighted by Gasteiger charge is 2.35. The van der Waals surface area contributed by atoms with Crippen LogP contribution in [0.5, 0.6) is 5.88 Å². The number of fused-ring (bicyclic) bond motifs is 1. The number of aromatic hydroxyl groups is 1. The average molecular weight is 473 g/mol. The number of likely N-dealkylation sites (tertiary alicyclic amines) is 1. The second kappa shape index (κ2) is 9.61. The summed E-state index contributed by atoms with van der Waals surface area (Å²) >= 11 is 0. The van der Waals surface area contributed by atoms with Crippen LogP contribution in [0.25, 0.3) is 11.7 Å². The van der Waals surface area contributed by atoms with Gasteiger partial charge in [-0.15, -0.1) is 0 Å². The standard InChI is InChI=1S/C24H33N5O5/c1-14(2)11-28-22-18(7-8-19(30)27-10-9-16(12-27)13-34-4)15(3)26-29(22)24(33)20(23(28)32)21(31)25-17-5-6-17/h7-8,14,16-17H,5-6,9-13H2,1-4H3,(H2,25,31,32,33)/p+1/b8-7+/t16-/m1/s1. The van der Waals surface area contributed by atoms with Crippen LogP contribution in [0.15, 0.2) is 10.9 Å². The molecule has 0 bridgehead atoms. The third kappa shape index (κ3) is 4.72. The molecule has 0 unspecified atom stereocenters. The molecule has 0 aromatic carbocycles. The Morgan fingerprint density at radius 2 is 2.06 bits per heavy atom.